The Balaban J connectivity index is 2.06. The Morgan fingerprint density at radius 3 is 2.79 bits per heavy atom. The average molecular weight is 266 g/mol. The van der Waals surface area contributed by atoms with Crippen LogP contribution in [0.2, 0.25) is 0 Å². The number of nitrogens with two attached hydrogens (primary N) is 1. The minimum Gasteiger partial charge on any atom is -0.381 e. The van der Waals surface area contributed by atoms with Crippen LogP contribution in [0.15, 0.2) is 18.2 Å². The van der Waals surface area contributed by atoms with Gasteiger partial charge in [-0.15, -0.1) is 0 Å². The molecule has 5 nitrogen and oxygen atoms in total. The van der Waals surface area contributed by atoms with Gasteiger partial charge in [-0.1, -0.05) is 0 Å². The highest BCUT2D eigenvalue weighted by Gasteiger charge is 2.22. The van der Waals surface area contributed by atoms with Crippen LogP contribution in [0.4, 0.5) is 10.1 Å². The van der Waals surface area contributed by atoms with Gasteiger partial charge in [-0.2, -0.15) is 0 Å². The third-order valence-corrected chi connectivity index (χ3v) is 3.04. The smallest absolute Gasteiger partial charge is 0.248 e. The second-order valence-corrected chi connectivity index (χ2v) is 4.46. The molecule has 0 aromatic heterocycles. The van der Waals surface area contributed by atoms with Gasteiger partial charge in [0.05, 0.1) is 18.2 Å². The summed E-state index contributed by atoms with van der Waals surface area (Å²) < 4.78 is 18.9. The van der Waals surface area contributed by atoms with E-state index in [4.69, 9.17) is 10.5 Å². The van der Waals surface area contributed by atoms with E-state index < -0.39 is 11.7 Å². The van der Waals surface area contributed by atoms with Gasteiger partial charge in [0.25, 0.3) is 0 Å². The van der Waals surface area contributed by atoms with Gasteiger partial charge in [0.2, 0.25) is 11.8 Å². The molecule has 0 radical (unpaired) electrons. The number of anilines is 1. The van der Waals surface area contributed by atoms with Gasteiger partial charge in [0, 0.05) is 12.2 Å². The summed E-state index contributed by atoms with van der Waals surface area (Å²) in [6, 6.07) is 3.71. The van der Waals surface area contributed by atoms with E-state index in [1.165, 1.54) is 12.1 Å². The maximum Gasteiger partial charge on any atom is 0.248 e. The minimum absolute atomic E-state index is 0.0422. The molecule has 19 heavy (non-hydrogen) atoms. The maximum atomic E-state index is 13.7. The van der Waals surface area contributed by atoms with Crippen LogP contribution in [-0.2, 0) is 9.53 Å². The highest BCUT2D eigenvalue weighted by molar-refractivity contribution is 5.95. The van der Waals surface area contributed by atoms with Gasteiger partial charge in [-0.05, 0) is 31.0 Å². The quantitative estimate of drug-likeness (QED) is 0.865. The number of hydrogen-bond donors (Lipinski definition) is 2. The molecule has 1 saturated heterocycles. The van der Waals surface area contributed by atoms with E-state index in [-0.39, 0.29) is 23.1 Å². The third kappa shape index (κ3) is 3.29. The number of hydrogen-bond acceptors (Lipinski definition) is 3. The Kier molecular flexibility index (Phi) is 4.11. The molecule has 0 aliphatic carbocycles. The highest BCUT2D eigenvalue weighted by Crippen LogP contribution is 2.19. The number of primary amides is 1. The summed E-state index contributed by atoms with van der Waals surface area (Å²) >= 11 is 0. The van der Waals surface area contributed by atoms with Crippen LogP contribution in [0.1, 0.15) is 23.2 Å². The number of carbonyl (C=O) groups is 2. The zero-order valence-electron chi connectivity index (χ0n) is 10.3. The molecule has 1 aromatic carbocycles. The fourth-order valence-corrected chi connectivity index (χ4v) is 1.95. The number of carbonyl (C=O) groups excluding carboxylic acids is 2. The molecule has 1 aromatic rings. The molecule has 1 heterocycles. The topological polar surface area (TPSA) is 81.4 Å². The van der Waals surface area contributed by atoms with Gasteiger partial charge in [0.15, 0.2) is 0 Å². The molecule has 6 heteroatoms. The van der Waals surface area contributed by atoms with Crippen LogP contribution in [0.3, 0.4) is 0 Å². The number of benzene rings is 1. The molecule has 1 atom stereocenters. The van der Waals surface area contributed by atoms with Crippen LogP contribution < -0.4 is 11.1 Å². The van der Waals surface area contributed by atoms with Crippen LogP contribution in [-0.4, -0.2) is 25.0 Å². The molecule has 0 spiro atoms. The van der Waals surface area contributed by atoms with E-state index in [1.54, 1.807) is 0 Å². The van der Waals surface area contributed by atoms with Crippen LogP contribution in [0.5, 0.6) is 0 Å². The predicted molar refractivity (Wildman–Crippen MR) is 67.1 cm³/mol. The first-order chi connectivity index (χ1) is 9.08. The lowest BCUT2D eigenvalue weighted by atomic mass is 10.0. The Bertz CT molecular complexity index is 499. The van der Waals surface area contributed by atoms with Crippen molar-refractivity contribution in [3.05, 3.63) is 29.6 Å². The van der Waals surface area contributed by atoms with Crippen LogP contribution >= 0.6 is 0 Å². The zero-order valence-corrected chi connectivity index (χ0v) is 10.3. The SMILES string of the molecule is NC(=O)c1ccc(NC(=O)[C@H]2CCCOC2)c(F)c1. The minimum atomic E-state index is -0.711. The molecule has 2 rings (SSSR count). The molecule has 0 unspecified atom stereocenters. The average Bonchev–Trinajstić information content (AvgIpc) is 2.41. The van der Waals surface area contributed by atoms with Gasteiger partial charge in [-0.25, -0.2) is 4.39 Å². The van der Waals surface area contributed by atoms with Crippen molar-refractivity contribution in [2.75, 3.05) is 18.5 Å². The molecule has 1 aliphatic heterocycles. The lowest BCUT2D eigenvalue weighted by Gasteiger charge is -2.21. The first-order valence-electron chi connectivity index (χ1n) is 6.06. The molecule has 0 bridgehead atoms. The number of nitrogens with one attached hydrogen (secondary N) is 1. The largest absolute Gasteiger partial charge is 0.381 e. The Labute approximate surface area is 109 Å². The number of amides is 2. The first-order valence-corrected chi connectivity index (χ1v) is 6.06. The number of halogens is 1. The molecule has 0 saturated carbocycles. The van der Waals surface area contributed by atoms with Crippen LogP contribution in [0.25, 0.3) is 0 Å². The summed E-state index contributed by atoms with van der Waals surface area (Å²) in [5, 5.41) is 2.50. The fraction of sp³-hybridized carbons (Fsp3) is 0.385. The monoisotopic (exact) mass is 266 g/mol. The number of rotatable bonds is 3. The maximum absolute atomic E-state index is 13.7. The van der Waals surface area contributed by atoms with Crippen molar-refractivity contribution in [1.29, 1.82) is 0 Å². The first kappa shape index (κ1) is 13.5. The van der Waals surface area contributed by atoms with E-state index in [0.29, 0.717) is 13.2 Å². The zero-order chi connectivity index (χ0) is 13.8. The van der Waals surface area contributed by atoms with Gasteiger partial charge >= 0.3 is 0 Å². The summed E-state index contributed by atoms with van der Waals surface area (Å²) in [5.74, 6) is -1.92. The normalized spacial score (nSPS) is 18.9. The molecular formula is C13H15FN2O3. The van der Waals surface area contributed by atoms with E-state index >= 15 is 0 Å². The second-order valence-electron chi connectivity index (χ2n) is 4.46. The Morgan fingerprint density at radius 2 is 2.21 bits per heavy atom. The summed E-state index contributed by atoms with van der Waals surface area (Å²) in [5.41, 5.74) is 5.15. The Morgan fingerprint density at radius 1 is 1.42 bits per heavy atom. The van der Waals surface area contributed by atoms with E-state index in [2.05, 4.69) is 5.32 Å². The predicted octanol–water partition coefficient (Wildman–Crippen LogP) is 1.29. The third-order valence-electron chi connectivity index (χ3n) is 3.04. The Hall–Kier alpha value is -1.95. The van der Waals surface area contributed by atoms with E-state index in [0.717, 1.165) is 18.9 Å². The molecule has 102 valence electrons. The van der Waals surface area contributed by atoms with E-state index in [9.17, 15) is 14.0 Å². The molecule has 1 aliphatic rings. The summed E-state index contributed by atoms with van der Waals surface area (Å²) in [4.78, 5) is 22.8. The van der Waals surface area contributed by atoms with Crippen molar-refractivity contribution in [3.63, 3.8) is 0 Å². The highest BCUT2D eigenvalue weighted by atomic mass is 19.1. The van der Waals surface area contributed by atoms with Gasteiger partial charge < -0.3 is 15.8 Å². The molecule has 1 fully saturated rings. The van der Waals surface area contributed by atoms with Crippen molar-refractivity contribution in [2.24, 2.45) is 11.7 Å². The standard InChI is InChI=1S/C13H15FN2O3/c14-10-6-8(12(15)17)3-4-11(10)16-13(18)9-2-1-5-19-7-9/h3-4,6,9H,1-2,5,7H2,(H2,15,17)(H,16,18)/t9-/m0/s1. The second kappa shape index (κ2) is 5.79. The van der Waals surface area contributed by atoms with Crippen molar-refractivity contribution < 1.29 is 18.7 Å². The summed E-state index contributed by atoms with van der Waals surface area (Å²) in [6.45, 7) is 1.01. The molecule has 3 N–H and O–H groups in total. The van der Waals surface area contributed by atoms with Crippen molar-refractivity contribution in [2.45, 2.75) is 12.8 Å². The van der Waals surface area contributed by atoms with Crippen molar-refractivity contribution in [3.8, 4) is 0 Å². The lowest BCUT2D eigenvalue weighted by molar-refractivity contribution is -0.123. The lowest BCUT2D eigenvalue weighted by Crippen LogP contribution is -2.30. The van der Waals surface area contributed by atoms with Crippen molar-refractivity contribution >= 4 is 17.5 Å². The summed E-state index contributed by atoms with van der Waals surface area (Å²) in [6.07, 6.45) is 1.55. The fourth-order valence-electron chi connectivity index (χ4n) is 1.95. The van der Waals surface area contributed by atoms with Crippen LogP contribution in [0, 0.1) is 11.7 Å². The van der Waals surface area contributed by atoms with E-state index in [1.807, 2.05) is 0 Å². The molecule has 2 amide bonds. The van der Waals surface area contributed by atoms with Crippen molar-refractivity contribution in [1.82, 2.24) is 0 Å². The number of ether oxygens (including phenoxy) is 1. The van der Waals surface area contributed by atoms with Gasteiger partial charge in [0.1, 0.15) is 5.82 Å². The molecular weight excluding hydrogens is 251 g/mol. The summed E-state index contributed by atoms with van der Waals surface area (Å²) in [7, 11) is 0. The van der Waals surface area contributed by atoms with Gasteiger partial charge in [-0.3, -0.25) is 9.59 Å².